The van der Waals surface area contributed by atoms with Gasteiger partial charge in [0, 0.05) is 19.6 Å². The quantitative estimate of drug-likeness (QED) is 0.663. The molecule has 1 fully saturated rings. The van der Waals surface area contributed by atoms with Crippen molar-refractivity contribution in [3.8, 4) is 0 Å². The molecule has 1 N–H and O–H groups in total. The van der Waals surface area contributed by atoms with Gasteiger partial charge in [-0.05, 0) is 55.5 Å². The predicted molar refractivity (Wildman–Crippen MR) is 117 cm³/mol. The first-order valence-corrected chi connectivity index (χ1v) is 11.8. The van der Waals surface area contributed by atoms with E-state index in [4.69, 9.17) is 4.74 Å². The number of ether oxygens (including phenoxy) is 1. The number of esters is 1. The van der Waals surface area contributed by atoms with Gasteiger partial charge < -0.3 is 10.1 Å². The summed E-state index contributed by atoms with van der Waals surface area (Å²) < 4.78 is 32.3. The van der Waals surface area contributed by atoms with E-state index in [9.17, 15) is 18.0 Å². The zero-order valence-electron chi connectivity index (χ0n) is 17.8. The first kappa shape index (κ1) is 23.0. The smallest absolute Gasteiger partial charge is 0.338 e. The van der Waals surface area contributed by atoms with Crippen molar-refractivity contribution in [3.63, 3.8) is 0 Å². The number of nitrogens with one attached hydrogen (secondary N) is 1. The predicted octanol–water partition coefficient (Wildman–Crippen LogP) is 2.97. The lowest BCUT2D eigenvalue weighted by Gasteiger charge is -2.29. The summed E-state index contributed by atoms with van der Waals surface area (Å²) in [5, 5.41) is 2.72. The number of hydrogen-bond donors (Lipinski definition) is 1. The molecule has 1 amide bonds. The van der Waals surface area contributed by atoms with E-state index in [0.29, 0.717) is 25.6 Å². The highest BCUT2D eigenvalue weighted by Crippen LogP contribution is 2.23. The van der Waals surface area contributed by atoms with E-state index < -0.39 is 28.0 Å². The highest BCUT2D eigenvalue weighted by Gasteiger charge is 2.28. The molecule has 0 bridgehead atoms. The second-order valence-corrected chi connectivity index (χ2v) is 9.80. The number of benzene rings is 2. The Morgan fingerprint density at radius 2 is 1.68 bits per heavy atom. The summed E-state index contributed by atoms with van der Waals surface area (Å²) in [6.07, 6.45) is 0.705. The lowest BCUT2D eigenvalue weighted by molar-refractivity contribution is -0.129. The zero-order chi connectivity index (χ0) is 22.4. The standard InChI is InChI=1S/C23H28N2O5S/c1-17-12-14-25(15-13-17)31(28,29)21-10-8-20(9-11-21)23(27)30-18(2)22(26)24-16-19-6-4-3-5-7-19/h3-11,17-18H,12-16H2,1-2H3,(H,24,26). The molecule has 3 rings (SSSR count). The van der Waals surface area contributed by atoms with E-state index >= 15 is 0 Å². The molecule has 1 aliphatic rings. The van der Waals surface area contributed by atoms with E-state index in [-0.39, 0.29) is 10.5 Å². The van der Waals surface area contributed by atoms with Gasteiger partial charge in [-0.15, -0.1) is 0 Å². The van der Waals surface area contributed by atoms with Gasteiger partial charge in [0.05, 0.1) is 10.5 Å². The van der Waals surface area contributed by atoms with E-state index in [1.807, 2.05) is 30.3 Å². The molecule has 0 radical (unpaired) electrons. The Morgan fingerprint density at radius 1 is 1.06 bits per heavy atom. The summed E-state index contributed by atoms with van der Waals surface area (Å²) >= 11 is 0. The van der Waals surface area contributed by atoms with Crippen LogP contribution in [0.25, 0.3) is 0 Å². The number of amides is 1. The molecule has 1 unspecified atom stereocenters. The molecule has 7 nitrogen and oxygen atoms in total. The molecule has 31 heavy (non-hydrogen) atoms. The topological polar surface area (TPSA) is 92.8 Å². The molecule has 166 valence electrons. The zero-order valence-corrected chi connectivity index (χ0v) is 18.6. The van der Waals surface area contributed by atoms with Crippen molar-refractivity contribution in [2.24, 2.45) is 5.92 Å². The van der Waals surface area contributed by atoms with Crippen molar-refractivity contribution in [1.29, 1.82) is 0 Å². The second kappa shape index (κ2) is 10.1. The number of nitrogens with zero attached hydrogens (tertiary/aromatic N) is 1. The largest absolute Gasteiger partial charge is 0.449 e. The van der Waals surface area contributed by atoms with Crippen LogP contribution in [0.4, 0.5) is 0 Å². The van der Waals surface area contributed by atoms with E-state index in [1.165, 1.54) is 35.5 Å². The molecule has 2 aromatic carbocycles. The number of piperidine rings is 1. The average Bonchev–Trinajstić information content (AvgIpc) is 2.78. The molecule has 0 aliphatic carbocycles. The first-order valence-electron chi connectivity index (χ1n) is 10.4. The Balaban J connectivity index is 1.56. The van der Waals surface area contributed by atoms with E-state index in [1.54, 1.807) is 0 Å². The lowest BCUT2D eigenvalue weighted by Crippen LogP contribution is -2.37. The third-order valence-electron chi connectivity index (χ3n) is 5.43. The van der Waals surface area contributed by atoms with Gasteiger partial charge in [-0.3, -0.25) is 4.79 Å². The Morgan fingerprint density at radius 3 is 2.29 bits per heavy atom. The summed E-state index contributed by atoms with van der Waals surface area (Å²) in [5.41, 5.74) is 1.13. The summed E-state index contributed by atoms with van der Waals surface area (Å²) in [4.78, 5) is 24.7. The minimum Gasteiger partial charge on any atom is -0.449 e. The van der Waals surface area contributed by atoms with Gasteiger partial charge in [0.2, 0.25) is 10.0 Å². The molecule has 1 atom stereocenters. The van der Waals surface area contributed by atoms with E-state index in [2.05, 4.69) is 12.2 Å². The fraction of sp³-hybridized carbons (Fsp3) is 0.391. The van der Waals surface area contributed by atoms with Gasteiger partial charge in [-0.2, -0.15) is 4.31 Å². The van der Waals surface area contributed by atoms with Crippen LogP contribution in [0.1, 0.15) is 42.6 Å². The molecular formula is C23H28N2O5S. The van der Waals surface area contributed by atoms with Crippen LogP contribution in [-0.2, 0) is 26.1 Å². The van der Waals surface area contributed by atoms with Gasteiger partial charge >= 0.3 is 5.97 Å². The number of carbonyl (C=O) groups is 2. The summed E-state index contributed by atoms with van der Waals surface area (Å²) in [7, 11) is -3.58. The van der Waals surface area contributed by atoms with Crippen LogP contribution in [0, 0.1) is 5.92 Å². The van der Waals surface area contributed by atoms with Crippen molar-refractivity contribution >= 4 is 21.9 Å². The number of sulfonamides is 1. The molecule has 1 aliphatic heterocycles. The monoisotopic (exact) mass is 444 g/mol. The Labute approximate surface area is 183 Å². The maximum absolute atomic E-state index is 12.8. The fourth-order valence-electron chi connectivity index (χ4n) is 3.35. The van der Waals surface area contributed by atoms with Crippen molar-refractivity contribution < 1.29 is 22.7 Å². The van der Waals surface area contributed by atoms with Crippen molar-refractivity contribution in [3.05, 3.63) is 65.7 Å². The first-order chi connectivity index (χ1) is 14.8. The average molecular weight is 445 g/mol. The molecule has 0 spiro atoms. The minimum atomic E-state index is -3.58. The van der Waals surface area contributed by atoms with Crippen LogP contribution in [0.15, 0.2) is 59.5 Å². The maximum atomic E-state index is 12.8. The molecule has 0 aromatic heterocycles. The molecule has 0 saturated carbocycles. The minimum absolute atomic E-state index is 0.146. The summed E-state index contributed by atoms with van der Waals surface area (Å²) in [6.45, 7) is 4.96. The highest BCUT2D eigenvalue weighted by atomic mass is 32.2. The number of hydrogen-bond acceptors (Lipinski definition) is 5. The Bertz CT molecular complexity index is 998. The van der Waals surface area contributed by atoms with Gasteiger partial charge in [0.15, 0.2) is 6.10 Å². The van der Waals surface area contributed by atoms with Gasteiger partial charge in [0.25, 0.3) is 5.91 Å². The highest BCUT2D eigenvalue weighted by molar-refractivity contribution is 7.89. The molecule has 8 heteroatoms. The van der Waals surface area contributed by atoms with Crippen molar-refractivity contribution in [1.82, 2.24) is 9.62 Å². The van der Waals surface area contributed by atoms with Crippen molar-refractivity contribution in [2.75, 3.05) is 13.1 Å². The van der Waals surface area contributed by atoms with Gasteiger partial charge in [-0.25, -0.2) is 13.2 Å². The van der Waals surface area contributed by atoms with Gasteiger partial charge in [-0.1, -0.05) is 37.3 Å². The van der Waals surface area contributed by atoms with Crippen LogP contribution in [0.3, 0.4) is 0 Å². The third-order valence-corrected chi connectivity index (χ3v) is 7.35. The normalized spacial score (nSPS) is 16.5. The summed E-state index contributed by atoms with van der Waals surface area (Å²) in [6, 6.07) is 15.1. The van der Waals surface area contributed by atoms with Crippen LogP contribution in [0.2, 0.25) is 0 Å². The fourth-order valence-corrected chi connectivity index (χ4v) is 4.82. The molecule has 1 heterocycles. The van der Waals surface area contributed by atoms with Crippen LogP contribution < -0.4 is 5.32 Å². The second-order valence-electron chi connectivity index (χ2n) is 7.86. The van der Waals surface area contributed by atoms with Gasteiger partial charge in [0.1, 0.15) is 0 Å². The third kappa shape index (κ3) is 5.92. The lowest BCUT2D eigenvalue weighted by atomic mass is 10.0. The summed E-state index contributed by atoms with van der Waals surface area (Å²) in [5.74, 6) is -0.565. The van der Waals surface area contributed by atoms with E-state index in [0.717, 1.165) is 18.4 Å². The number of rotatable bonds is 7. The molecule has 2 aromatic rings. The Hall–Kier alpha value is -2.71. The maximum Gasteiger partial charge on any atom is 0.338 e. The Kier molecular flexibility index (Phi) is 7.46. The molecule has 1 saturated heterocycles. The number of carbonyl (C=O) groups excluding carboxylic acids is 2. The SMILES string of the molecule is CC1CCN(S(=O)(=O)c2ccc(C(=O)OC(C)C(=O)NCc3ccccc3)cc2)CC1. The van der Waals surface area contributed by atoms with Crippen LogP contribution >= 0.6 is 0 Å². The molecular weight excluding hydrogens is 416 g/mol. The van der Waals surface area contributed by atoms with Crippen LogP contribution in [0.5, 0.6) is 0 Å². The van der Waals surface area contributed by atoms with Crippen molar-refractivity contribution in [2.45, 2.75) is 44.2 Å². The van der Waals surface area contributed by atoms with Crippen LogP contribution in [-0.4, -0.2) is 43.8 Å².